The lowest BCUT2D eigenvalue weighted by molar-refractivity contribution is 0.428. The molecule has 1 atom stereocenters. The van der Waals surface area contributed by atoms with Crippen LogP contribution in [0.1, 0.15) is 12.5 Å². The van der Waals surface area contributed by atoms with Gasteiger partial charge in [-0.1, -0.05) is 17.3 Å². The molecule has 2 aromatic rings. The Kier molecular flexibility index (Phi) is 3.61. The molecular formula is C12H13BrN4O2S. The topological polar surface area (TPSA) is 68.1 Å². The van der Waals surface area contributed by atoms with Gasteiger partial charge in [0, 0.05) is 23.8 Å². The van der Waals surface area contributed by atoms with Crippen LogP contribution < -0.4 is 0 Å². The van der Waals surface area contributed by atoms with E-state index >= 15 is 0 Å². The fraction of sp³-hybridized carbons (Fsp3) is 0.333. The predicted octanol–water partition coefficient (Wildman–Crippen LogP) is 1.68. The Hall–Kier alpha value is -1.25. The zero-order valence-corrected chi connectivity index (χ0v) is 13.0. The number of sulfonamides is 1. The highest BCUT2D eigenvalue weighted by Gasteiger charge is 2.34. The first kappa shape index (κ1) is 13.7. The largest absolute Gasteiger partial charge is 0.248 e. The Bertz CT molecular complexity index is 702. The van der Waals surface area contributed by atoms with Gasteiger partial charge in [0.15, 0.2) is 0 Å². The Morgan fingerprint density at radius 1 is 1.30 bits per heavy atom. The van der Waals surface area contributed by atoms with Crippen molar-refractivity contribution in [3.05, 3.63) is 41.1 Å². The smallest absolute Gasteiger partial charge is 0.244 e. The van der Waals surface area contributed by atoms with Crippen LogP contribution >= 0.6 is 15.9 Å². The molecule has 0 spiro atoms. The third-order valence-corrected chi connectivity index (χ3v) is 6.27. The average molecular weight is 357 g/mol. The summed E-state index contributed by atoms with van der Waals surface area (Å²) in [5.74, 6) is 0. The molecule has 1 aromatic carbocycles. The van der Waals surface area contributed by atoms with Gasteiger partial charge >= 0.3 is 0 Å². The maximum atomic E-state index is 12.6. The fourth-order valence-electron chi connectivity index (χ4n) is 2.35. The van der Waals surface area contributed by atoms with Gasteiger partial charge in [-0.05, 0) is 34.5 Å². The first-order valence-electron chi connectivity index (χ1n) is 6.19. The van der Waals surface area contributed by atoms with Crippen LogP contribution in [0.25, 0.3) is 0 Å². The van der Waals surface area contributed by atoms with E-state index in [-0.39, 0.29) is 6.04 Å². The van der Waals surface area contributed by atoms with E-state index in [1.807, 2.05) is 0 Å². The van der Waals surface area contributed by atoms with Gasteiger partial charge in [-0.3, -0.25) is 0 Å². The van der Waals surface area contributed by atoms with Gasteiger partial charge in [0.25, 0.3) is 0 Å². The van der Waals surface area contributed by atoms with Gasteiger partial charge in [-0.2, -0.15) is 4.31 Å². The maximum absolute atomic E-state index is 12.6. The molecule has 8 heteroatoms. The standard InChI is InChI=1S/C12H13BrN4O2S/c13-11-3-1-2-4-12(11)20(18,19)16-7-5-10(9-16)17-8-6-14-15-17/h1-4,6,8,10H,5,7,9H2/t10-/m1/s1. The maximum Gasteiger partial charge on any atom is 0.244 e. The predicted molar refractivity (Wildman–Crippen MR) is 76.6 cm³/mol. The van der Waals surface area contributed by atoms with Crippen molar-refractivity contribution in [3.8, 4) is 0 Å². The molecule has 1 aromatic heterocycles. The van der Waals surface area contributed by atoms with Crippen molar-refractivity contribution in [1.82, 2.24) is 19.3 Å². The van der Waals surface area contributed by atoms with Crippen molar-refractivity contribution >= 4 is 26.0 Å². The second kappa shape index (κ2) is 5.27. The zero-order chi connectivity index (χ0) is 14.2. The summed E-state index contributed by atoms with van der Waals surface area (Å²) in [5.41, 5.74) is 0. The van der Waals surface area contributed by atoms with Crippen LogP contribution in [0.3, 0.4) is 0 Å². The SMILES string of the molecule is O=S(=O)(c1ccccc1Br)N1CC[C@@H](n2ccnn2)C1. The van der Waals surface area contributed by atoms with E-state index in [4.69, 9.17) is 0 Å². The second-order valence-corrected chi connectivity index (χ2v) is 7.38. The second-order valence-electron chi connectivity index (χ2n) is 4.62. The van der Waals surface area contributed by atoms with Crippen molar-refractivity contribution in [2.45, 2.75) is 17.4 Å². The fourth-order valence-corrected chi connectivity index (χ4v) is 4.81. The molecule has 0 N–H and O–H groups in total. The summed E-state index contributed by atoms with van der Waals surface area (Å²) in [5, 5.41) is 7.70. The molecule has 1 saturated heterocycles. The number of hydrogen-bond donors (Lipinski definition) is 0. The van der Waals surface area contributed by atoms with E-state index in [0.29, 0.717) is 22.5 Å². The van der Waals surface area contributed by atoms with Crippen LogP contribution in [-0.2, 0) is 10.0 Å². The van der Waals surface area contributed by atoms with Gasteiger partial charge in [0.2, 0.25) is 10.0 Å². The Morgan fingerprint density at radius 3 is 2.80 bits per heavy atom. The number of benzene rings is 1. The summed E-state index contributed by atoms with van der Waals surface area (Å²) in [6, 6.07) is 6.92. The minimum Gasteiger partial charge on any atom is -0.248 e. The van der Waals surface area contributed by atoms with E-state index in [1.165, 1.54) is 4.31 Å². The van der Waals surface area contributed by atoms with E-state index < -0.39 is 10.0 Å². The molecule has 0 radical (unpaired) electrons. The number of hydrogen-bond acceptors (Lipinski definition) is 4. The van der Waals surface area contributed by atoms with Crippen molar-refractivity contribution in [2.24, 2.45) is 0 Å². The highest BCUT2D eigenvalue weighted by Crippen LogP contribution is 2.30. The van der Waals surface area contributed by atoms with E-state index in [0.717, 1.165) is 6.42 Å². The highest BCUT2D eigenvalue weighted by molar-refractivity contribution is 9.10. The summed E-state index contributed by atoms with van der Waals surface area (Å²) < 4.78 is 29.0. The zero-order valence-electron chi connectivity index (χ0n) is 10.6. The minimum atomic E-state index is -3.47. The summed E-state index contributed by atoms with van der Waals surface area (Å²) >= 11 is 3.30. The quantitative estimate of drug-likeness (QED) is 0.838. The van der Waals surface area contributed by atoms with Crippen molar-refractivity contribution < 1.29 is 8.42 Å². The molecule has 1 aliphatic heterocycles. The lowest BCUT2D eigenvalue weighted by Crippen LogP contribution is -2.29. The first-order chi connectivity index (χ1) is 9.59. The van der Waals surface area contributed by atoms with Gasteiger partial charge in [0.1, 0.15) is 0 Å². The Labute approximate surface area is 125 Å². The summed E-state index contributed by atoms with van der Waals surface area (Å²) in [7, 11) is -3.47. The molecule has 106 valence electrons. The molecule has 1 aliphatic rings. The monoisotopic (exact) mass is 356 g/mol. The number of halogens is 1. The summed E-state index contributed by atoms with van der Waals surface area (Å²) in [4.78, 5) is 0.305. The lowest BCUT2D eigenvalue weighted by atomic mass is 10.3. The third-order valence-electron chi connectivity index (χ3n) is 3.40. The average Bonchev–Trinajstić information content (AvgIpc) is 3.10. The highest BCUT2D eigenvalue weighted by atomic mass is 79.9. The van der Waals surface area contributed by atoms with Crippen LogP contribution in [0.5, 0.6) is 0 Å². The number of aromatic nitrogens is 3. The number of rotatable bonds is 3. The van der Waals surface area contributed by atoms with Gasteiger partial charge < -0.3 is 0 Å². The molecule has 0 aliphatic carbocycles. The molecule has 0 bridgehead atoms. The van der Waals surface area contributed by atoms with Crippen LogP contribution in [-0.4, -0.2) is 40.8 Å². The molecule has 6 nitrogen and oxygen atoms in total. The lowest BCUT2D eigenvalue weighted by Gasteiger charge is -2.17. The van der Waals surface area contributed by atoms with Crippen LogP contribution in [0, 0.1) is 0 Å². The van der Waals surface area contributed by atoms with Gasteiger partial charge in [-0.25, -0.2) is 13.1 Å². The van der Waals surface area contributed by atoms with Crippen molar-refractivity contribution in [1.29, 1.82) is 0 Å². The first-order valence-corrected chi connectivity index (χ1v) is 8.43. The van der Waals surface area contributed by atoms with Crippen molar-refractivity contribution in [2.75, 3.05) is 13.1 Å². The summed E-state index contributed by atoms with van der Waals surface area (Å²) in [6.07, 6.45) is 4.11. The molecule has 20 heavy (non-hydrogen) atoms. The molecule has 2 heterocycles. The summed E-state index contributed by atoms with van der Waals surface area (Å²) in [6.45, 7) is 0.918. The number of nitrogens with zero attached hydrogens (tertiary/aromatic N) is 4. The normalized spacial score (nSPS) is 20.4. The van der Waals surface area contributed by atoms with Crippen LogP contribution in [0.4, 0.5) is 0 Å². The third kappa shape index (κ3) is 2.38. The Morgan fingerprint density at radius 2 is 2.10 bits per heavy atom. The van der Waals surface area contributed by atoms with Gasteiger partial charge in [-0.15, -0.1) is 5.10 Å². The molecule has 1 fully saturated rings. The van der Waals surface area contributed by atoms with E-state index in [9.17, 15) is 8.42 Å². The molecular weight excluding hydrogens is 344 g/mol. The van der Waals surface area contributed by atoms with Gasteiger partial charge in [0.05, 0.1) is 17.1 Å². The molecule has 3 rings (SSSR count). The van der Waals surface area contributed by atoms with Crippen LogP contribution in [0.15, 0.2) is 46.0 Å². The molecule has 0 saturated carbocycles. The molecule has 0 unspecified atom stereocenters. The van der Waals surface area contributed by atoms with E-state index in [1.54, 1.807) is 41.3 Å². The minimum absolute atomic E-state index is 0.0507. The van der Waals surface area contributed by atoms with E-state index in [2.05, 4.69) is 26.2 Å². The van der Waals surface area contributed by atoms with Crippen LogP contribution in [0.2, 0.25) is 0 Å². The van der Waals surface area contributed by atoms with Crippen molar-refractivity contribution in [3.63, 3.8) is 0 Å². The molecule has 0 amide bonds. The Balaban J connectivity index is 1.85.